The summed E-state index contributed by atoms with van der Waals surface area (Å²) in [5.74, 6) is -0.0757. The van der Waals surface area contributed by atoms with Crippen molar-refractivity contribution in [1.82, 2.24) is 19.3 Å². The minimum Gasteiger partial charge on any atom is -0.461 e. The van der Waals surface area contributed by atoms with Gasteiger partial charge in [0.05, 0.1) is 18.8 Å². The van der Waals surface area contributed by atoms with Crippen LogP contribution in [0.4, 0.5) is 0 Å². The van der Waals surface area contributed by atoms with Crippen molar-refractivity contribution in [3.63, 3.8) is 0 Å². The second kappa shape index (κ2) is 6.57. The summed E-state index contributed by atoms with van der Waals surface area (Å²) < 4.78 is 7.90. The molecular formula is C15H14N4O3S. The molecule has 2 heterocycles. The summed E-state index contributed by atoms with van der Waals surface area (Å²) in [4.78, 5) is 27.8. The number of ether oxygens (including phenoxy) is 1. The van der Waals surface area contributed by atoms with Gasteiger partial charge in [0, 0.05) is 5.38 Å². The number of hydrogen-bond acceptors (Lipinski definition) is 6. The van der Waals surface area contributed by atoms with Gasteiger partial charge in [0.25, 0.3) is 0 Å². The highest BCUT2D eigenvalue weighted by Crippen LogP contribution is 2.08. The Morgan fingerprint density at radius 1 is 1.30 bits per heavy atom. The van der Waals surface area contributed by atoms with Gasteiger partial charge in [0.15, 0.2) is 5.82 Å². The van der Waals surface area contributed by atoms with Crippen molar-refractivity contribution in [2.45, 2.75) is 13.5 Å². The third-order valence-corrected chi connectivity index (χ3v) is 3.89. The number of nitrogens with zero attached hydrogens (tertiary/aromatic N) is 4. The van der Waals surface area contributed by atoms with Crippen molar-refractivity contribution in [3.05, 3.63) is 63.2 Å². The summed E-state index contributed by atoms with van der Waals surface area (Å²) in [6.07, 6.45) is 1.58. The lowest BCUT2D eigenvalue weighted by Gasteiger charge is -2.04. The first-order chi connectivity index (χ1) is 11.2. The SMILES string of the molecule is CCOC(=O)c1csc(=O)n1Cc1ncn(-c2ccccc2)n1. The first kappa shape index (κ1) is 15.2. The number of para-hydroxylation sites is 1. The van der Waals surface area contributed by atoms with Gasteiger partial charge in [-0.25, -0.2) is 14.5 Å². The lowest BCUT2D eigenvalue weighted by molar-refractivity contribution is 0.0514. The van der Waals surface area contributed by atoms with E-state index in [0.29, 0.717) is 5.82 Å². The third-order valence-electron chi connectivity index (χ3n) is 3.13. The van der Waals surface area contributed by atoms with Crippen LogP contribution in [0.5, 0.6) is 0 Å². The molecule has 8 heteroatoms. The average molecular weight is 330 g/mol. The number of rotatable bonds is 5. The fraction of sp³-hybridized carbons (Fsp3) is 0.200. The Hall–Kier alpha value is -2.74. The van der Waals surface area contributed by atoms with Crippen LogP contribution in [0.15, 0.2) is 46.8 Å². The molecule has 0 spiro atoms. The molecule has 0 unspecified atom stereocenters. The Morgan fingerprint density at radius 3 is 2.83 bits per heavy atom. The van der Waals surface area contributed by atoms with Crippen molar-refractivity contribution in [1.29, 1.82) is 0 Å². The average Bonchev–Trinajstić information content (AvgIpc) is 3.17. The number of aromatic nitrogens is 4. The predicted octanol–water partition coefficient (Wildman–Crippen LogP) is 1.72. The Balaban J connectivity index is 1.86. The molecule has 0 N–H and O–H groups in total. The topological polar surface area (TPSA) is 79.0 Å². The lowest BCUT2D eigenvalue weighted by atomic mass is 10.3. The molecule has 3 rings (SSSR count). The maximum Gasteiger partial charge on any atom is 0.355 e. The van der Waals surface area contributed by atoms with Gasteiger partial charge in [0.2, 0.25) is 0 Å². The summed E-state index contributed by atoms with van der Waals surface area (Å²) in [7, 11) is 0. The van der Waals surface area contributed by atoms with E-state index in [-0.39, 0.29) is 23.7 Å². The predicted molar refractivity (Wildman–Crippen MR) is 85.0 cm³/mol. The van der Waals surface area contributed by atoms with Gasteiger partial charge in [-0.3, -0.25) is 9.36 Å². The van der Waals surface area contributed by atoms with Crippen LogP contribution in [-0.4, -0.2) is 31.9 Å². The lowest BCUT2D eigenvalue weighted by Crippen LogP contribution is -2.21. The molecule has 1 aromatic carbocycles. The number of carbonyl (C=O) groups is 1. The molecule has 0 saturated carbocycles. The molecule has 0 aliphatic heterocycles. The van der Waals surface area contributed by atoms with Crippen LogP contribution in [0.3, 0.4) is 0 Å². The number of thiazole rings is 1. The van der Waals surface area contributed by atoms with Gasteiger partial charge in [0.1, 0.15) is 12.0 Å². The van der Waals surface area contributed by atoms with Crippen molar-refractivity contribution in [3.8, 4) is 5.69 Å². The van der Waals surface area contributed by atoms with E-state index in [1.54, 1.807) is 17.9 Å². The van der Waals surface area contributed by atoms with E-state index in [1.807, 2.05) is 30.3 Å². The van der Waals surface area contributed by atoms with Crippen molar-refractivity contribution in [2.75, 3.05) is 6.61 Å². The Morgan fingerprint density at radius 2 is 2.09 bits per heavy atom. The molecule has 7 nitrogen and oxygen atoms in total. The normalized spacial score (nSPS) is 10.7. The van der Waals surface area contributed by atoms with Gasteiger partial charge < -0.3 is 4.74 Å². The van der Waals surface area contributed by atoms with Crippen LogP contribution >= 0.6 is 11.3 Å². The third kappa shape index (κ3) is 3.21. The first-order valence-electron chi connectivity index (χ1n) is 7.00. The fourth-order valence-corrected chi connectivity index (χ4v) is 2.79. The molecule has 3 aromatic rings. The highest BCUT2D eigenvalue weighted by molar-refractivity contribution is 7.07. The largest absolute Gasteiger partial charge is 0.461 e. The Kier molecular flexibility index (Phi) is 4.33. The summed E-state index contributed by atoms with van der Waals surface area (Å²) >= 11 is 0.952. The van der Waals surface area contributed by atoms with Gasteiger partial charge in [-0.05, 0) is 19.1 Å². The fourth-order valence-electron chi connectivity index (χ4n) is 2.06. The van der Waals surface area contributed by atoms with Gasteiger partial charge in [-0.2, -0.15) is 0 Å². The molecule has 0 fully saturated rings. The molecule has 0 aliphatic carbocycles. The van der Waals surface area contributed by atoms with Crippen LogP contribution in [0, 0.1) is 0 Å². The van der Waals surface area contributed by atoms with Crippen molar-refractivity contribution >= 4 is 17.3 Å². The second-order valence-corrected chi connectivity index (χ2v) is 5.46. The number of benzene rings is 1. The maximum atomic E-state index is 11.9. The number of hydrogen-bond donors (Lipinski definition) is 0. The molecule has 0 aliphatic rings. The number of carbonyl (C=O) groups excluding carboxylic acids is 1. The van der Waals surface area contributed by atoms with E-state index in [1.165, 1.54) is 9.95 Å². The molecule has 0 bridgehead atoms. The van der Waals surface area contributed by atoms with E-state index >= 15 is 0 Å². The summed E-state index contributed by atoms with van der Waals surface area (Å²) in [5.41, 5.74) is 1.09. The smallest absolute Gasteiger partial charge is 0.355 e. The standard InChI is InChI=1S/C15H14N4O3S/c1-2-22-14(20)12-9-23-15(21)18(12)8-13-16-10-19(17-13)11-6-4-3-5-7-11/h3-7,9-10H,2,8H2,1H3. The first-order valence-corrected chi connectivity index (χ1v) is 7.88. The minimum atomic E-state index is -0.520. The molecule has 0 saturated heterocycles. The summed E-state index contributed by atoms with van der Waals surface area (Å²) in [6, 6.07) is 9.52. The van der Waals surface area contributed by atoms with E-state index in [2.05, 4.69) is 10.1 Å². The van der Waals surface area contributed by atoms with Crippen LogP contribution in [0.25, 0.3) is 5.69 Å². The van der Waals surface area contributed by atoms with Gasteiger partial charge in [-0.15, -0.1) is 5.10 Å². The van der Waals surface area contributed by atoms with Crippen molar-refractivity contribution in [2.24, 2.45) is 0 Å². The van der Waals surface area contributed by atoms with Gasteiger partial charge >= 0.3 is 10.8 Å². The molecule has 0 amide bonds. The van der Waals surface area contributed by atoms with E-state index < -0.39 is 5.97 Å². The minimum absolute atomic E-state index is 0.121. The molecule has 2 aromatic heterocycles. The second-order valence-electron chi connectivity index (χ2n) is 4.63. The number of esters is 1. The summed E-state index contributed by atoms with van der Waals surface area (Å²) in [6.45, 7) is 2.09. The zero-order valence-corrected chi connectivity index (χ0v) is 13.2. The molecule has 0 atom stereocenters. The van der Waals surface area contributed by atoms with E-state index in [4.69, 9.17) is 4.74 Å². The molecule has 0 radical (unpaired) electrons. The quantitative estimate of drug-likeness (QED) is 0.666. The van der Waals surface area contributed by atoms with E-state index in [0.717, 1.165) is 17.0 Å². The molecule has 118 valence electrons. The van der Waals surface area contributed by atoms with E-state index in [9.17, 15) is 9.59 Å². The van der Waals surface area contributed by atoms with Gasteiger partial charge in [-0.1, -0.05) is 29.5 Å². The van der Waals surface area contributed by atoms with Crippen LogP contribution in [0.2, 0.25) is 0 Å². The van der Waals surface area contributed by atoms with Crippen molar-refractivity contribution < 1.29 is 9.53 Å². The summed E-state index contributed by atoms with van der Waals surface area (Å²) in [5, 5.41) is 5.84. The van der Waals surface area contributed by atoms with Crippen LogP contribution in [0.1, 0.15) is 23.2 Å². The monoisotopic (exact) mass is 330 g/mol. The Bertz CT molecular complexity index is 866. The zero-order chi connectivity index (χ0) is 16.2. The molecule has 23 heavy (non-hydrogen) atoms. The van der Waals surface area contributed by atoms with Crippen LogP contribution < -0.4 is 4.87 Å². The highest BCUT2D eigenvalue weighted by atomic mass is 32.1. The van der Waals surface area contributed by atoms with Crippen LogP contribution in [-0.2, 0) is 11.3 Å². The maximum absolute atomic E-state index is 11.9. The molecular weight excluding hydrogens is 316 g/mol. The Labute approximate surface area is 135 Å². The zero-order valence-electron chi connectivity index (χ0n) is 12.4. The highest BCUT2D eigenvalue weighted by Gasteiger charge is 2.17.